The van der Waals surface area contributed by atoms with Gasteiger partial charge in [0.15, 0.2) is 0 Å². The number of nitrogens with one attached hydrogen (secondary N) is 1. The molecule has 3 nitrogen and oxygen atoms in total. The molecule has 0 aromatic heterocycles. The second-order valence-corrected chi connectivity index (χ2v) is 4.25. The van der Waals surface area contributed by atoms with Crippen LogP contribution in [0.15, 0.2) is 0 Å². The van der Waals surface area contributed by atoms with Gasteiger partial charge in [-0.2, -0.15) is 0 Å². The predicted molar refractivity (Wildman–Crippen MR) is 56.3 cm³/mol. The smallest absolute Gasteiger partial charge is 0.223 e. The molecule has 1 amide bonds. The van der Waals surface area contributed by atoms with Crippen LogP contribution in [0.2, 0.25) is 0 Å². The molecule has 13 heavy (non-hydrogen) atoms. The van der Waals surface area contributed by atoms with Crippen molar-refractivity contribution in [2.45, 2.75) is 38.6 Å². The fourth-order valence-corrected chi connectivity index (χ4v) is 1.24. The topological polar surface area (TPSA) is 55.1 Å². The summed E-state index contributed by atoms with van der Waals surface area (Å²) in [6.07, 6.45) is 2.74. The van der Waals surface area contributed by atoms with Gasteiger partial charge in [0, 0.05) is 5.92 Å². The van der Waals surface area contributed by atoms with Gasteiger partial charge >= 0.3 is 0 Å². The summed E-state index contributed by atoms with van der Waals surface area (Å²) in [5.74, 6) is 0.303. The van der Waals surface area contributed by atoms with Crippen molar-refractivity contribution in [1.29, 1.82) is 0 Å². The van der Waals surface area contributed by atoms with E-state index in [4.69, 9.17) is 18.0 Å². The summed E-state index contributed by atoms with van der Waals surface area (Å²) < 4.78 is 0. The number of nitrogens with two attached hydrogens (primary N) is 1. The van der Waals surface area contributed by atoms with Gasteiger partial charge in [-0.1, -0.05) is 19.1 Å². The highest BCUT2D eigenvalue weighted by atomic mass is 32.1. The van der Waals surface area contributed by atoms with Crippen molar-refractivity contribution in [3.8, 4) is 0 Å². The van der Waals surface area contributed by atoms with E-state index in [0.717, 1.165) is 19.3 Å². The van der Waals surface area contributed by atoms with Crippen LogP contribution in [0.1, 0.15) is 33.1 Å². The molecule has 1 unspecified atom stereocenters. The summed E-state index contributed by atoms with van der Waals surface area (Å²) in [5, 5.41) is 2.90. The Kier molecular flexibility index (Phi) is 2.91. The Morgan fingerprint density at radius 1 is 1.69 bits per heavy atom. The van der Waals surface area contributed by atoms with Crippen LogP contribution in [0.3, 0.4) is 0 Å². The van der Waals surface area contributed by atoms with E-state index in [-0.39, 0.29) is 11.8 Å². The van der Waals surface area contributed by atoms with E-state index in [0.29, 0.717) is 4.99 Å². The molecule has 74 valence electrons. The normalized spacial score (nSPS) is 20.5. The van der Waals surface area contributed by atoms with Crippen molar-refractivity contribution in [1.82, 2.24) is 5.32 Å². The lowest BCUT2D eigenvalue weighted by molar-refractivity contribution is -0.123. The predicted octanol–water partition coefficient (Wildman–Crippen LogP) is 0.967. The quantitative estimate of drug-likeness (QED) is 0.665. The third-order valence-electron chi connectivity index (χ3n) is 2.60. The SMILES string of the molecule is CCC(C)(NC(=O)C1CC1)C(N)=S. The monoisotopic (exact) mass is 200 g/mol. The summed E-state index contributed by atoms with van der Waals surface area (Å²) in [7, 11) is 0. The number of rotatable bonds is 4. The average Bonchev–Trinajstić information content (AvgIpc) is 2.85. The molecular weight excluding hydrogens is 184 g/mol. The molecule has 1 rings (SSSR count). The Morgan fingerprint density at radius 2 is 2.23 bits per heavy atom. The molecule has 0 aromatic rings. The molecule has 3 N–H and O–H groups in total. The minimum Gasteiger partial charge on any atom is -0.391 e. The Bertz CT molecular complexity index is 238. The zero-order valence-corrected chi connectivity index (χ0v) is 8.91. The van der Waals surface area contributed by atoms with E-state index in [1.807, 2.05) is 13.8 Å². The molecule has 0 aliphatic heterocycles. The van der Waals surface area contributed by atoms with Gasteiger partial charge in [-0.05, 0) is 26.2 Å². The second kappa shape index (κ2) is 3.62. The minimum atomic E-state index is -0.505. The van der Waals surface area contributed by atoms with Gasteiger partial charge in [-0.15, -0.1) is 0 Å². The van der Waals surface area contributed by atoms with E-state index < -0.39 is 5.54 Å². The number of amides is 1. The van der Waals surface area contributed by atoms with Crippen molar-refractivity contribution >= 4 is 23.1 Å². The first-order valence-corrected chi connectivity index (χ1v) is 5.02. The van der Waals surface area contributed by atoms with E-state index >= 15 is 0 Å². The van der Waals surface area contributed by atoms with Gasteiger partial charge in [0.1, 0.15) is 0 Å². The zero-order chi connectivity index (χ0) is 10.1. The van der Waals surface area contributed by atoms with Crippen LogP contribution < -0.4 is 11.1 Å². The van der Waals surface area contributed by atoms with E-state index in [1.165, 1.54) is 0 Å². The minimum absolute atomic E-state index is 0.0946. The Morgan fingerprint density at radius 3 is 2.54 bits per heavy atom. The highest BCUT2D eigenvalue weighted by Gasteiger charge is 2.35. The largest absolute Gasteiger partial charge is 0.391 e. The molecule has 1 atom stereocenters. The van der Waals surface area contributed by atoms with Gasteiger partial charge in [0.25, 0.3) is 0 Å². The Labute approximate surface area is 84.1 Å². The molecule has 0 spiro atoms. The van der Waals surface area contributed by atoms with Crippen LogP contribution in [-0.2, 0) is 4.79 Å². The molecule has 4 heteroatoms. The lowest BCUT2D eigenvalue weighted by Gasteiger charge is -2.28. The maximum Gasteiger partial charge on any atom is 0.223 e. The number of hydrogen-bond donors (Lipinski definition) is 2. The maximum atomic E-state index is 11.5. The standard InChI is InChI=1S/C9H16N2OS/c1-3-9(2,8(10)13)11-7(12)6-4-5-6/h6H,3-5H2,1-2H3,(H2,10,13)(H,11,12). The van der Waals surface area contributed by atoms with Crippen LogP contribution in [0.25, 0.3) is 0 Å². The molecular formula is C9H16N2OS. The Hall–Kier alpha value is -0.640. The average molecular weight is 200 g/mol. The fraction of sp³-hybridized carbons (Fsp3) is 0.778. The molecule has 1 saturated carbocycles. The van der Waals surface area contributed by atoms with Crippen LogP contribution in [-0.4, -0.2) is 16.4 Å². The van der Waals surface area contributed by atoms with Gasteiger partial charge in [0.2, 0.25) is 5.91 Å². The van der Waals surface area contributed by atoms with Crippen LogP contribution in [0, 0.1) is 5.92 Å². The molecule has 1 fully saturated rings. The van der Waals surface area contributed by atoms with Crippen molar-refractivity contribution < 1.29 is 4.79 Å². The summed E-state index contributed by atoms with van der Waals surface area (Å²) in [6, 6.07) is 0. The third-order valence-corrected chi connectivity index (χ3v) is 3.05. The molecule has 0 aromatic carbocycles. The maximum absolute atomic E-state index is 11.5. The van der Waals surface area contributed by atoms with E-state index in [1.54, 1.807) is 0 Å². The first kappa shape index (κ1) is 10.4. The van der Waals surface area contributed by atoms with Crippen LogP contribution in [0.4, 0.5) is 0 Å². The van der Waals surface area contributed by atoms with Gasteiger partial charge in [-0.3, -0.25) is 4.79 Å². The number of carbonyl (C=O) groups excluding carboxylic acids is 1. The number of hydrogen-bond acceptors (Lipinski definition) is 2. The molecule has 0 radical (unpaired) electrons. The summed E-state index contributed by atoms with van der Waals surface area (Å²) in [5.41, 5.74) is 5.06. The molecule has 0 saturated heterocycles. The second-order valence-electron chi connectivity index (χ2n) is 3.81. The molecule has 0 bridgehead atoms. The van der Waals surface area contributed by atoms with Crippen LogP contribution >= 0.6 is 12.2 Å². The van der Waals surface area contributed by atoms with Gasteiger partial charge < -0.3 is 11.1 Å². The first-order valence-electron chi connectivity index (χ1n) is 4.61. The number of thiocarbonyl (C=S) groups is 1. The van der Waals surface area contributed by atoms with Gasteiger partial charge in [-0.25, -0.2) is 0 Å². The first-order chi connectivity index (χ1) is 5.99. The summed E-state index contributed by atoms with van der Waals surface area (Å²) in [6.45, 7) is 3.84. The van der Waals surface area contributed by atoms with Crippen molar-refractivity contribution in [3.05, 3.63) is 0 Å². The molecule has 1 aliphatic rings. The van der Waals surface area contributed by atoms with Crippen LogP contribution in [0.5, 0.6) is 0 Å². The lowest BCUT2D eigenvalue weighted by atomic mass is 9.98. The van der Waals surface area contributed by atoms with Crippen molar-refractivity contribution in [3.63, 3.8) is 0 Å². The zero-order valence-electron chi connectivity index (χ0n) is 8.09. The Balaban J connectivity index is 2.56. The highest BCUT2D eigenvalue weighted by Crippen LogP contribution is 2.29. The lowest BCUT2D eigenvalue weighted by Crippen LogP contribution is -2.54. The third kappa shape index (κ3) is 2.40. The fourth-order valence-electron chi connectivity index (χ4n) is 1.04. The van der Waals surface area contributed by atoms with E-state index in [2.05, 4.69) is 5.32 Å². The van der Waals surface area contributed by atoms with Gasteiger partial charge in [0.05, 0.1) is 10.5 Å². The number of carbonyl (C=O) groups is 1. The van der Waals surface area contributed by atoms with Crippen molar-refractivity contribution in [2.24, 2.45) is 11.7 Å². The highest BCUT2D eigenvalue weighted by molar-refractivity contribution is 7.80. The van der Waals surface area contributed by atoms with Crippen molar-refractivity contribution in [2.75, 3.05) is 0 Å². The summed E-state index contributed by atoms with van der Waals surface area (Å²) in [4.78, 5) is 11.8. The summed E-state index contributed by atoms with van der Waals surface area (Å²) >= 11 is 4.92. The molecule has 0 heterocycles. The van der Waals surface area contributed by atoms with E-state index in [9.17, 15) is 4.79 Å². The molecule has 1 aliphatic carbocycles.